The summed E-state index contributed by atoms with van der Waals surface area (Å²) in [7, 11) is 4.75. The lowest BCUT2D eigenvalue weighted by atomic mass is 10.2. The number of aromatic nitrogens is 2. The zero-order chi connectivity index (χ0) is 21.0. The number of nitrogens with two attached hydrogens (primary N) is 1. The highest BCUT2D eigenvalue weighted by Crippen LogP contribution is 2.37. The summed E-state index contributed by atoms with van der Waals surface area (Å²) in [6.07, 6.45) is 0. The van der Waals surface area contributed by atoms with E-state index < -0.39 is 10.6 Å². The number of hydrogen-bond acceptors (Lipinski definition) is 9. The molecule has 3 rings (SSSR count). The van der Waals surface area contributed by atoms with Gasteiger partial charge in [-0.15, -0.1) is 0 Å². The molecule has 1 heterocycles. The lowest BCUT2D eigenvalue weighted by Crippen LogP contribution is -2.16. The van der Waals surface area contributed by atoms with Crippen molar-refractivity contribution in [2.45, 2.75) is 0 Å². The van der Waals surface area contributed by atoms with Gasteiger partial charge in [-0.2, -0.15) is 9.97 Å². The Kier molecular flexibility index (Phi) is 5.63. The van der Waals surface area contributed by atoms with E-state index in [2.05, 4.69) is 15.3 Å². The molecule has 1 aromatic heterocycles. The van der Waals surface area contributed by atoms with Crippen LogP contribution in [0.1, 0.15) is 0 Å². The van der Waals surface area contributed by atoms with E-state index in [0.29, 0.717) is 17.2 Å². The van der Waals surface area contributed by atoms with Crippen molar-refractivity contribution in [2.75, 3.05) is 37.2 Å². The number of nitrogens with zero attached hydrogens (tertiary/aromatic N) is 4. The zero-order valence-electron chi connectivity index (χ0n) is 16.1. The first-order chi connectivity index (χ1) is 13.9. The second-order valence-electron chi connectivity index (χ2n) is 5.95. The minimum absolute atomic E-state index is 0.0631. The molecule has 0 aliphatic heterocycles. The van der Waals surface area contributed by atoms with Crippen LogP contribution in [0.25, 0.3) is 0 Å². The van der Waals surface area contributed by atoms with Crippen LogP contribution in [0, 0.1) is 10.1 Å². The van der Waals surface area contributed by atoms with E-state index in [1.54, 1.807) is 30.1 Å². The summed E-state index contributed by atoms with van der Waals surface area (Å²) in [5.74, 6) is 0.873. The van der Waals surface area contributed by atoms with E-state index in [4.69, 9.17) is 15.2 Å². The number of nitro groups is 1. The van der Waals surface area contributed by atoms with Gasteiger partial charge in [-0.1, -0.05) is 18.2 Å². The van der Waals surface area contributed by atoms with E-state index in [0.717, 1.165) is 5.69 Å². The Bertz CT molecular complexity index is 1030. The van der Waals surface area contributed by atoms with Crippen molar-refractivity contribution in [3.05, 3.63) is 58.6 Å². The molecular formula is C19H20N6O4. The molecule has 0 amide bonds. The monoisotopic (exact) mass is 396 g/mol. The van der Waals surface area contributed by atoms with E-state index in [1.165, 1.54) is 14.2 Å². The van der Waals surface area contributed by atoms with Crippen LogP contribution in [0.2, 0.25) is 0 Å². The van der Waals surface area contributed by atoms with Crippen molar-refractivity contribution in [2.24, 2.45) is 0 Å². The van der Waals surface area contributed by atoms with Crippen LogP contribution >= 0.6 is 0 Å². The number of anilines is 5. The lowest BCUT2D eigenvalue weighted by Gasteiger charge is -2.19. The smallest absolute Gasteiger partial charge is 0.353 e. The van der Waals surface area contributed by atoms with Gasteiger partial charge in [0.1, 0.15) is 11.5 Å². The first-order valence-electron chi connectivity index (χ1n) is 8.54. The Morgan fingerprint density at radius 2 is 1.83 bits per heavy atom. The molecule has 0 bridgehead atoms. The summed E-state index contributed by atoms with van der Waals surface area (Å²) < 4.78 is 10.5. The van der Waals surface area contributed by atoms with Gasteiger partial charge < -0.3 is 25.4 Å². The van der Waals surface area contributed by atoms with Crippen molar-refractivity contribution in [1.29, 1.82) is 0 Å². The van der Waals surface area contributed by atoms with Gasteiger partial charge in [-0.25, -0.2) is 0 Å². The molecule has 0 saturated carbocycles. The lowest BCUT2D eigenvalue weighted by molar-refractivity contribution is -0.383. The van der Waals surface area contributed by atoms with Crippen molar-refractivity contribution < 1.29 is 14.4 Å². The van der Waals surface area contributed by atoms with Gasteiger partial charge in [-0.3, -0.25) is 10.1 Å². The van der Waals surface area contributed by atoms with E-state index in [-0.39, 0.29) is 17.6 Å². The molecule has 0 fully saturated rings. The summed E-state index contributed by atoms with van der Waals surface area (Å²) in [5, 5.41) is 14.5. The molecule has 0 unspecified atom stereocenters. The molecule has 2 aromatic carbocycles. The number of hydrogen-bond donors (Lipinski definition) is 2. The fourth-order valence-electron chi connectivity index (χ4n) is 2.68. The Hall–Kier alpha value is -4.08. The number of benzene rings is 2. The average molecular weight is 396 g/mol. The van der Waals surface area contributed by atoms with Crippen LogP contribution in [0.4, 0.5) is 34.6 Å². The molecule has 0 saturated heterocycles. The predicted octanol–water partition coefficient (Wildman–Crippen LogP) is 3.50. The van der Waals surface area contributed by atoms with E-state index in [9.17, 15) is 10.1 Å². The van der Waals surface area contributed by atoms with Gasteiger partial charge in [0.05, 0.1) is 24.8 Å². The number of ether oxygens (including phenoxy) is 2. The van der Waals surface area contributed by atoms with Crippen molar-refractivity contribution in [3.63, 3.8) is 0 Å². The topological polar surface area (TPSA) is 129 Å². The van der Waals surface area contributed by atoms with Gasteiger partial charge in [-0.05, 0) is 24.3 Å². The SMILES string of the molecule is COc1ccc(OC)c(Nc2nc(N(C)c3ccccc3)nc(N)c2[N+](=O)[O-])c1. The Balaban J connectivity index is 2.10. The highest BCUT2D eigenvalue weighted by Gasteiger charge is 2.25. The van der Waals surface area contributed by atoms with E-state index >= 15 is 0 Å². The third kappa shape index (κ3) is 4.10. The molecule has 0 aliphatic carbocycles. The molecule has 0 atom stereocenters. The number of para-hydroxylation sites is 1. The first kappa shape index (κ1) is 19.7. The van der Waals surface area contributed by atoms with Crippen molar-refractivity contribution >= 4 is 34.6 Å². The van der Waals surface area contributed by atoms with Gasteiger partial charge >= 0.3 is 5.69 Å². The first-order valence-corrected chi connectivity index (χ1v) is 8.54. The number of methoxy groups -OCH3 is 2. The van der Waals surface area contributed by atoms with E-state index in [1.807, 2.05) is 30.3 Å². The Morgan fingerprint density at radius 3 is 2.45 bits per heavy atom. The average Bonchev–Trinajstić information content (AvgIpc) is 2.73. The van der Waals surface area contributed by atoms with Crippen LogP contribution in [-0.2, 0) is 0 Å². The van der Waals surface area contributed by atoms with Gasteiger partial charge in [0.15, 0.2) is 0 Å². The summed E-state index contributed by atoms with van der Waals surface area (Å²) in [4.78, 5) is 21.1. The molecule has 29 heavy (non-hydrogen) atoms. The van der Waals surface area contributed by atoms with Crippen LogP contribution in [-0.4, -0.2) is 36.2 Å². The Morgan fingerprint density at radius 1 is 1.10 bits per heavy atom. The van der Waals surface area contributed by atoms with Crippen LogP contribution in [0.15, 0.2) is 48.5 Å². The molecule has 0 aliphatic rings. The summed E-state index contributed by atoms with van der Waals surface area (Å²) in [6.45, 7) is 0. The summed E-state index contributed by atoms with van der Waals surface area (Å²) >= 11 is 0. The maximum absolute atomic E-state index is 11.6. The third-order valence-electron chi connectivity index (χ3n) is 4.18. The molecule has 0 radical (unpaired) electrons. The molecule has 3 N–H and O–H groups in total. The molecule has 150 valence electrons. The Labute approximate surface area is 167 Å². The van der Waals surface area contributed by atoms with Gasteiger partial charge in [0, 0.05) is 18.8 Å². The highest BCUT2D eigenvalue weighted by atomic mass is 16.6. The maximum atomic E-state index is 11.6. The third-order valence-corrected chi connectivity index (χ3v) is 4.18. The number of rotatable bonds is 7. The summed E-state index contributed by atoms with van der Waals surface area (Å²) in [6, 6.07) is 14.3. The highest BCUT2D eigenvalue weighted by molar-refractivity contribution is 5.77. The minimum Gasteiger partial charge on any atom is -0.497 e. The predicted molar refractivity (Wildman–Crippen MR) is 110 cm³/mol. The normalized spacial score (nSPS) is 10.3. The second kappa shape index (κ2) is 8.30. The maximum Gasteiger partial charge on any atom is 0.353 e. The standard InChI is InChI=1S/C19H20N6O4/c1-24(12-7-5-4-6-8-12)19-22-17(20)16(25(26)27)18(23-19)21-14-11-13(28-2)9-10-15(14)29-3/h4-11H,1-3H3,(H3,20,21,22,23). The van der Waals surface area contributed by atoms with Crippen molar-refractivity contribution in [3.8, 4) is 11.5 Å². The van der Waals surface area contributed by atoms with Crippen LogP contribution < -0.4 is 25.4 Å². The molecule has 0 spiro atoms. The molecule has 10 heteroatoms. The fraction of sp³-hybridized carbons (Fsp3) is 0.158. The van der Waals surface area contributed by atoms with Gasteiger partial charge in [0.2, 0.25) is 17.6 Å². The largest absolute Gasteiger partial charge is 0.497 e. The second-order valence-corrected chi connectivity index (χ2v) is 5.95. The summed E-state index contributed by atoms with van der Waals surface area (Å²) in [5.41, 5.74) is 6.70. The zero-order valence-corrected chi connectivity index (χ0v) is 16.1. The molecule has 10 nitrogen and oxygen atoms in total. The fourth-order valence-corrected chi connectivity index (χ4v) is 2.68. The van der Waals surface area contributed by atoms with Crippen LogP contribution in [0.5, 0.6) is 11.5 Å². The molecule has 3 aromatic rings. The van der Waals surface area contributed by atoms with Gasteiger partial charge in [0.25, 0.3) is 0 Å². The van der Waals surface area contributed by atoms with Crippen molar-refractivity contribution in [1.82, 2.24) is 9.97 Å². The number of nitrogen functional groups attached to an aromatic ring is 1. The molecular weight excluding hydrogens is 376 g/mol. The van der Waals surface area contributed by atoms with Crippen LogP contribution in [0.3, 0.4) is 0 Å². The quantitative estimate of drug-likeness (QED) is 0.455. The minimum atomic E-state index is -0.628. The number of nitrogens with one attached hydrogen (secondary N) is 1.